The molecular weight excluding hydrogens is 178 g/mol. The summed E-state index contributed by atoms with van der Waals surface area (Å²) >= 11 is 0. The monoisotopic (exact) mass is 195 g/mol. The van der Waals surface area contributed by atoms with E-state index >= 15 is 0 Å². The van der Waals surface area contributed by atoms with Gasteiger partial charge in [-0.05, 0) is 26.9 Å². The summed E-state index contributed by atoms with van der Waals surface area (Å²) < 4.78 is 1.77. The molecule has 0 fully saturated rings. The molecule has 0 radical (unpaired) electrons. The highest BCUT2D eigenvalue weighted by Crippen LogP contribution is 2.03. The maximum atomic E-state index is 11.6. The van der Waals surface area contributed by atoms with Crippen LogP contribution in [0, 0.1) is 0 Å². The number of nitrogens with one attached hydrogen (secondary N) is 1. The quantitative estimate of drug-likeness (QED) is 0.546. The third kappa shape index (κ3) is 2.96. The van der Waals surface area contributed by atoms with Gasteiger partial charge in [0.2, 0.25) is 0 Å². The molecule has 0 aromatic carbocycles. The standard InChI is InChI=1S/C10H17N3O/c1-3-13-8-9(7-12-13)10(14)5-4-6-11-2/h7-8,11H,3-6H2,1-2H3. The molecule has 0 saturated carbocycles. The Morgan fingerprint density at radius 1 is 1.64 bits per heavy atom. The number of carbonyl (C=O) groups is 1. The van der Waals surface area contributed by atoms with Crippen molar-refractivity contribution in [1.29, 1.82) is 0 Å². The van der Waals surface area contributed by atoms with E-state index in [4.69, 9.17) is 0 Å². The van der Waals surface area contributed by atoms with E-state index in [1.165, 1.54) is 0 Å². The molecule has 0 unspecified atom stereocenters. The molecule has 0 spiro atoms. The molecule has 1 rings (SSSR count). The molecule has 4 heteroatoms. The number of rotatable bonds is 6. The lowest BCUT2D eigenvalue weighted by Crippen LogP contribution is -2.09. The van der Waals surface area contributed by atoms with Crippen molar-refractivity contribution in [2.75, 3.05) is 13.6 Å². The Kier molecular flexibility index (Phi) is 4.32. The first kappa shape index (κ1) is 10.9. The molecule has 1 aromatic heterocycles. The summed E-state index contributed by atoms with van der Waals surface area (Å²) in [5.74, 6) is 0.181. The third-order valence-corrected chi connectivity index (χ3v) is 2.11. The van der Waals surface area contributed by atoms with Gasteiger partial charge in [0.25, 0.3) is 0 Å². The maximum absolute atomic E-state index is 11.6. The highest BCUT2D eigenvalue weighted by molar-refractivity contribution is 5.95. The second-order valence-corrected chi connectivity index (χ2v) is 3.21. The second kappa shape index (κ2) is 5.54. The minimum atomic E-state index is 0.181. The molecule has 0 aliphatic rings. The summed E-state index contributed by atoms with van der Waals surface area (Å²) in [5.41, 5.74) is 0.725. The number of hydrogen-bond acceptors (Lipinski definition) is 3. The molecule has 0 saturated heterocycles. The minimum absolute atomic E-state index is 0.181. The second-order valence-electron chi connectivity index (χ2n) is 3.21. The first-order valence-electron chi connectivity index (χ1n) is 4.98. The van der Waals surface area contributed by atoms with Crippen molar-refractivity contribution in [2.24, 2.45) is 0 Å². The van der Waals surface area contributed by atoms with Gasteiger partial charge in [0.15, 0.2) is 5.78 Å². The minimum Gasteiger partial charge on any atom is -0.320 e. The van der Waals surface area contributed by atoms with Gasteiger partial charge in [-0.2, -0.15) is 5.10 Å². The fraction of sp³-hybridized carbons (Fsp3) is 0.600. The van der Waals surface area contributed by atoms with Gasteiger partial charge in [0.1, 0.15) is 0 Å². The molecular formula is C10H17N3O. The predicted octanol–water partition coefficient (Wildman–Crippen LogP) is 1.09. The van der Waals surface area contributed by atoms with Gasteiger partial charge < -0.3 is 5.32 Å². The van der Waals surface area contributed by atoms with Crippen LogP contribution in [0.25, 0.3) is 0 Å². The van der Waals surface area contributed by atoms with Crippen LogP contribution in [0.1, 0.15) is 30.1 Å². The molecule has 0 atom stereocenters. The normalized spacial score (nSPS) is 10.4. The van der Waals surface area contributed by atoms with E-state index in [0.29, 0.717) is 6.42 Å². The van der Waals surface area contributed by atoms with Crippen molar-refractivity contribution in [3.63, 3.8) is 0 Å². The fourth-order valence-corrected chi connectivity index (χ4v) is 1.25. The van der Waals surface area contributed by atoms with Crippen LogP contribution in [0.15, 0.2) is 12.4 Å². The molecule has 14 heavy (non-hydrogen) atoms. The summed E-state index contributed by atoms with van der Waals surface area (Å²) in [6.07, 6.45) is 4.93. The van der Waals surface area contributed by atoms with E-state index in [9.17, 15) is 4.79 Å². The largest absolute Gasteiger partial charge is 0.320 e. The Hall–Kier alpha value is -1.16. The zero-order valence-electron chi connectivity index (χ0n) is 8.79. The number of hydrogen-bond donors (Lipinski definition) is 1. The van der Waals surface area contributed by atoms with Gasteiger partial charge in [-0.3, -0.25) is 9.48 Å². The molecule has 0 bridgehead atoms. The van der Waals surface area contributed by atoms with Gasteiger partial charge >= 0.3 is 0 Å². The van der Waals surface area contributed by atoms with Crippen molar-refractivity contribution in [2.45, 2.75) is 26.3 Å². The van der Waals surface area contributed by atoms with Crippen molar-refractivity contribution in [3.8, 4) is 0 Å². The Morgan fingerprint density at radius 3 is 3.00 bits per heavy atom. The van der Waals surface area contributed by atoms with E-state index in [-0.39, 0.29) is 5.78 Å². The molecule has 0 amide bonds. The topological polar surface area (TPSA) is 46.9 Å². The first-order chi connectivity index (χ1) is 6.77. The van der Waals surface area contributed by atoms with E-state index in [0.717, 1.165) is 25.1 Å². The van der Waals surface area contributed by atoms with Crippen LogP contribution in [-0.4, -0.2) is 29.2 Å². The zero-order valence-corrected chi connectivity index (χ0v) is 8.79. The Morgan fingerprint density at radius 2 is 2.43 bits per heavy atom. The molecule has 1 heterocycles. The van der Waals surface area contributed by atoms with Crippen LogP contribution in [0.3, 0.4) is 0 Å². The summed E-state index contributed by atoms with van der Waals surface area (Å²) in [4.78, 5) is 11.6. The molecule has 1 aromatic rings. The molecule has 4 nitrogen and oxygen atoms in total. The number of Topliss-reactive ketones (excluding diaryl/α,β-unsaturated/α-hetero) is 1. The predicted molar refractivity (Wildman–Crippen MR) is 55.4 cm³/mol. The van der Waals surface area contributed by atoms with Gasteiger partial charge in [0.05, 0.1) is 11.8 Å². The van der Waals surface area contributed by atoms with E-state index in [1.807, 2.05) is 20.2 Å². The lowest BCUT2D eigenvalue weighted by molar-refractivity contribution is 0.0980. The van der Waals surface area contributed by atoms with Crippen LogP contribution in [0.4, 0.5) is 0 Å². The lowest BCUT2D eigenvalue weighted by atomic mass is 10.1. The molecule has 0 aliphatic carbocycles. The summed E-state index contributed by atoms with van der Waals surface area (Å²) in [5, 5.41) is 7.08. The van der Waals surface area contributed by atoms with Crippen LogP contribution in [-0.2, 0) is 6.54 Å². The van der Waals surface area contributed by atoms with Gasteiger partial charge in [0, 0.05) is 19.2 Å². The lowest BCUT2D eigenvalue weighted by Gasteiger charge is -1.97. The molecule has 1 N–H and O–H groups in total. The number of ketones is 1. The third-order valence-electron chi connectivity index (χ3n) is 2.11. The summed E-state index contributed by atoms with van der Waals surface area (Å²) in [7, 11) is 1.89. The van der Waals surface area contributed by atoms with Crippen LogP contribution in [0.2, 0.25) is 0 Å². The van der Waals surface area contributed by atoms with Crippen LogP contribution in [0.5, 0.6) is 0 Å². The highest BCUT2D eigenvalue weighted by atomic mass is 16.1. The van der Waals surface area contributed by atoms with E-state index in [1.54, 1.807) is 10.9 Å². The average molecular weight is 195 g/mol. The molecule has 0 aliphatic heterocycles. The van der Waals surface area contributed by atoms with Crippen LogP contribution < -0.4 is 5.32 Å². The number of carbonyl (C=O) groups excluding carboxylic acids is 1. The van der Waals surface area contributed by atoms with Crippen molar-refractivity contribution in [3.05, 3.63) is 18.0 Å². The first-order valence-corrected chi connectivity index (χ1v) is 4.98. The van der Waals surface area contributed by atoms with E-state index < -0.39 is 0 Å². The SMILES string of the molecule is CCn1cc(C(=O)CCCNC)cn1. The van der Waals surface area contributed by atoms with Crippen LogP contribution >= 0.6 is 0 Å². The Bertz CT molecular complexity index is 293. The highest BCUT2D eigenvalue weighted by Gasteiger charge is 2.07. The number of nitrogens with zero attached hydrogens (tertiary/aromatic N) is 2. The fourth-order valence-electron chi connectivity index (χ4n) is 1.25. The molecule has 78 valence electrons. The van der Waals surface area contributed by atoms with Crippen molar-refractivity contribution < 1.29 is 4.79 Å². The summed E-state index contributed by atoms with van der Waals surface area (Å²) in [6.45, 7) is 3.69. The van der Waals surface area contributed by atoms with Crippen molar-refractivity contribution >= 4 is 5.78 Å². The average Bonchev–Trinajstić information content (AvgIpc) is 2.66. The van der Waals surface area contributed by atoms with Gasteiger partial charge in [-0.15, -0.1) is 0 Å². The summed E-state index contributed by atoms with van der Waals surface area (Å²) in [6, 6.07) is 0. The smallest absolute Gasteiger partial charge is 0.166 e. The zero-order chi connectivity index (χ0) is 10.4. The number of aromatic nitrogens is 2. The number of aryl methyl sites for hydroxylation is 1. The maximum Gasteiger partial charge on any atom is 0.166 e. The van der Waals surface area contributed by atoms with Gasteiger partial charge in [-0.25, -0.2) is 0 Å². The van der Waals surface area contributed by atoms with Crippen molar-refractivity contribution in [1.82, 2.24) is 15.1 Å². The van der Waals surface area contributed by atoms with E-state index in [2.05, 4.69) is 10.4 Å². The Labute approximate surface area is 84.3 Å². The van der Waals surface area contributed by atoms with Gasteiger partial charge in [-0.1, -0.05) is 0 Å². The Balaban J connectivity index is 2.44.